The molecule has 0 bridgehead atoms. The van der Waals surface area contributed by atoms with Gasteiger partial charge in [0.1, 0.15) is 5.75 Å². The molecule has 1 heterocycles. The van der Waals surface area contributed by atoms with E-state index < -0.39 is 12.1 Å². The van der Waals surface area contributed by atoms with Crippen LogP contribution in [0, 0.1) is 0 Å². The molecule has 3 aromatic rings. The van der Waals surface area contributed by atoms with Crippen LogP contribution in [0.15, 0.2) is 59.0 Å². The summed E-state index contributed by atoms with van der Waals surface area (Å²) in [4.78, 5) is 12.2. The van der Waals surface area contributed by atoms with Gasteiger partial charge in [0.25, 0.3) is 5.89 Å². The Morgan fingerprint density at radius 1 is 1.08 bits per heavy atom. The molecule has 0 N–H and O–H groups in total. The van der Waals surface area contributed by atoms with E-state index in [4.69, 9.17) is 13.9 Å². The Hall–Kier alpha value is -3.15. The molecule has 6 heteroatoms. The summed E-state index contributed by atoms with van der Waals surface area (Å²) in [7, 11) is 1.54. The van der Waals surface area contributed by atoms with Crippen LogP contribution in [0.3, 0.4) is 0 Å². The van der Waals surface area contributed by atoms with Crippen molar-refractivity contribution in [1.29, 1.82) is 0 Å². The van der Waals surface area contributed by atoms with Crippen molar-refractivity contribution < 1.29 is 18.7 Å². The smallest absolute Gasteiger partial charge is 0.339 e. The van der Waals surface area contributed by atoms with E-state index in [9.17, 15) is 4.79 Å². The summed E-state index contributed by atoms with van der Waals surface area (Å²) in [6, 6.07) is 16.1. The lowest BCUT2D eigenvalue weighted by atomic mass is 10.2. The van der Waals surface area contributed by atoms with E-state index in [2.05, 4.69) is 10.2 Å². The molecule has 0 saturated carbocycles. The lowest BCUT2D eigenvalue weighted by Gasteiger charge is -2.10. The number of nitrogens with zero attached hydrogens (tertiary/aromatic N) is 2. The Labute approximate surface area is 139 Å². The summed E-state index contributed by atoms with van der Waals surface area (Å²) in [6.45, 7) is 1.68. The first-order valence-corrected chi connectivity index (χ1v) is 7.41. The van der Waals surface area contributed by atoms with Gasteiger partial charge in [-0.1, -0.05) is 24.3 Å². The minimum atomic E-state index is -0.659. The third-order valence-corrected chi connectivity index (χ3v) is 3.40. The van der Waals surface area contributed by atoms with E-state index >= 15 is 0 Å². The first-order chi connectivity index (χ1) is 11.7. The first-order valence-electron chi connectivity index (χ1n) is 7.41. The maximum Gasteiger partial charge on any atom is 0.339 e. The van der Waals surface area contributed by atoms with Crippen molar-refractivity contribution in [3.63, 3.8) is 0 Å². The van der Waals surface area contributed by atoms with Gasteiger partial charge in [0.2, 0.25) is 5.89 Å². The molecule has 3 rings (SSSR count). The highest BCUT2D eigenvalue weighted by molar-refractivity contribution is 5.89. The summed E-state index contributed by atoms with van der Waals surface area (Å²) in [6.07, 6.45) is -0.659. The van der Waals surface area contributed by atoms with Crippen LogP contribution >= 0.6 is 0 Å². The Kier molecular flexibility index (Phi) is 4.56. The number of ether oxygens (including phenoxy) is 2. The van der Waals surface area contributed by atoms with E-state index in [1.165, 1.54) is 7.11 Å². The Morgan fingerprint density at radius 2 is 1.88 bits per heavy atom. The lowest BCUT2D eigenvalue weighted by Crippen LogP contribution is -2.09. The van der Waals surface area contributed by atoms with Gasteiger partial charge in [0, 0.05) is 5.56 Å². The highest BCUT2D eigenvalue weighted by Crippen LogP contribution is 2.23. The molecule has 0 aliphatic rings. The quantitative estimate of drug-likeness (QED) is 0.667. The molecule has 122 valence electrons. The highest BCUT2D eigenvalue weighted by atomic mass is 16.6. The van der Waals surface area contributed by atoms with E-state index in [1.807, 2.05) is 30.3 Å². The maximum absolute atomic E-state index is 12.2. The van der Waals surface area contributed by atoms with Gasteiger partial charge in [0.15, 0.2) is 6.10 Å². The van der Waals surface area contributed by atoms with Crippen LogP contribution < -0.4 is 4.74 Å². The van der Waals surface area contributed by atoms with Gasteiger partial charge in [-0.25, -0.2) is 4.79 Å². The summed E-state index contributed by atoms with van der Waals surface area (Å²) in [5, 5.41) is 7.94. The van der Waals surface area contributed by atoms with Crippen molar-refractivity contribution in [2.45, 2.75) is 13.0 Å². The highest BCUT2D eigenvalue weighted by Gasteiger charge is 2.20. The van der Waals surface area contributed by atoms with Crippen LogP contribution in [0.4, 0.5) is 0 Å². The van der Waals surface area contributed by atoms with Gasteiger partial charge in [-0.2, -0.15) is 0 Å². The second-order valence-electron chi connectivity index (χ2n) is 5.09. The largest absolute Gasteiger partial charge is 0.497 e. The predicted octanol–water partition coefficient (Wildman–Crippen LogP) is 3.66. The standard InChI is InChI=1S/C18H16N2O4/c1-12(23-18(21)14-9-6-10-15(11-14)22-2)16-19-20-17(24-16)13-7-4-3-5-8-13/h3-12H,1-2H3/t12-/m1/s1. The lowest BCUT2D eigenvalue weighted by molar-refractivity contribution is 0.0279. The Morgan fingerprint density at radius 3 is 2.62 bits per heavy atom. The van der Waals surface area contributed by atoms with Crippen LogP contribution in [-0.2, 0) is 4.74 Å². The minimum Gasteiger partial charge on any atom is -0.497 e. The van der Waals surface area contributed by atoms with E-state index in [1.54, 1.807) is 31.2 Å². The summed E-state index contributed by atoms with van der Waals surface area (Å²) < 4.78 is 16.1. The number of methoxy groups -OCH3 is 1. The Balaban J connectivity index is 1.72. The fourth-order valence-electron chi connectivity index (χ4n) is 2.13. The number of hydrogen-bond acceptors (Lipinski definition) is 6. The molecule has 0 saturated heterocycles. The molecular formula is C18H16N2O4. The van der Waals surface area contributed by atoms with Crippen molar-refractivity contribution in [3.8, 4) is 17.2 Å². The molecule has 0 unspecified atom stereocenters. The normalized spacial score (nSPS) is 11.8. The third-order valence-electron chi connectivity index (χ3n) is 3.40. The molecule has 1 atom stereocenters. The molecule has 0 aliphatic carbocycles. The van der Waals surface area contributed by atoms with Gasteiger partial charge in [-0.3, -0.25) is 0 Å². The van der Waals surface area contributed by atoms with Crippen LogP contribution in [-0.4, -0.2) is 23.3 Å². The van der Waals surface area contributed by atoms with Crippen molar-refractivity contribution in [2.75, 3.05) is 7.11 Å². The summed E-state index contributed by atoms with van der Waals surface area (Å²) in [5.41, 5.74) is 1.20. The molecule has 0 spiro atoms. The summed E-state index contributed by atoms with van der Waals surface area (Å²) in [5.74, 6) is 0.724. The van der Waals surface area contributed by atoms with Gasteiger partial charge >= 0.3 is 5.97 Å². The fourth-order valence-corrected chi connectivity index (χ4v) is 2.13. The molecule has 2 aromatic carbocycles. The number of esters is 1. The van der Waals surface area contributed by atoms with Gasteiger partial charge < -0.3 is 13.9 Å². The van der Waals surface area contributed by atoms with E-state index in [0.717, 1.165) is 5.56 Å². The van der Waals surface area contributed by atoms with Crippen molar-refractivity contribution in [3.05, 3.63) is 66.1 Å². The average Bonchev–Trinajstić information content (AvgIpc) is 3.13. The van der Waals surface area contributed by atoms with Crippen molar-refractivity contribution in [2.24, 2.45) is 0 Å². The number of carbonyl (C=O) groups excluding carboxylic acids is 1. The average molecular weight is 324 g/mol. The molecule has 0 amide bonds. The predicted molar refractivity (Wildman–Crippen MR) is 86.6 cm³/mol. The second kappa shape index (κ2) is 6.95. The first kappa shape index (κ1) is 15.7. The van der Waals surface area contributed by atoms with E-state index in [-0.39, 0.29) is 5.89 Å². The van der Waals surface area contributed by atoms with Crippen LogP contribution in [0.1, 0.15) is 29.3 Å². The zero-order chi connectivity index (χ0) is 16.9. The van der Waals surface area contributed by atoms with Crippen molar-refractivity contribution in [1.82, 2.24) is 10.2 Å². The maximum atomic E-state index is 12.2. The molecule has 1 aromatic heterocycles. The minimum absolute atomic E-state index is 0.241. The van der Waals surface area contributed by atoms with Crippen molar-refractivity contribution >= 4 is 5.97 Å². The zero-order valence-corrected chi connectivity index (χ0v) is 13.3. The molecule has 6 nitrogen and oxygen atoms in total. The molecule has 24 heavy (non-hydrogen) atoms. The van der Waals surface area contributed by atoms with E-state index in [0.29, 0.717) is 17.2 Å². The fraction of sp³-hybridized carbons (Fsp3) is 0.167. The Bertz CT molecular complexity index is 830. The zero-order valence-electron chi connectivity index (χ0n) is 13.3. The number of benzene rings is 2. The molecule has 0 aliphatic heterocycles. The number of carbonyl (C=O) groups is 1. The van der Waals surface area contributed by atoms with Crippen LogP contribution in [0.25, 0.3) is 11.5 Å². The van der Waals surface area contributed by atoms with Gasteiger partial charge in [0.05, 0.1) is 12.7 Å². The molecule has 0 fully saturated rings. The number of aromatic nitrogens is 2. The van der Waals surface area contributed by atoms with Gasteiger partial charge in [-0.15, -0.1) is 10.2 Å². The SMILES string of the molecule is COc1cccc(C(=O)O[C@H](C)c2nnc(-c3ccccc3)o2)c1. The summed E-state index contributed by atoms with van der Waals surface area (Å²) >= 11 is 0. The van der Waals surface area contributed by atoms with Crippen LogP contribution in [0.2, 0.25) is 0 Å². The second-order valence-corrected chi connectivity index (χ2v) is 5.09. The number of hydrogen-bond donors (Lipinski definition) is 0. The molecular weight excluding hydrogens is 308 g/mol. The van der Waals surface area contributed by atoms with Crippen LogP contribution in [0.5, 0.6) is 5.75 Å². The topological polar surface area (TPSA) is 74.5 Å². The number of rotatable bonds is 5. The third kappa shape index (κ3) is 3.43. The monoisotopic (exact) mass is 324 g/mol. The molecule has 0 radical (unpaired) electrons. The van der Waals surface area contributed by atoms with Gasteiger partial charge in [-0.05, 0) is 37.3 Å².